The zero-order chi connectivity index (χ0) is 18.4. The Morgan fingerprint density at radius 3 is 2.58 bits per heavy atom. The van der Waals surface area contributed by atoms with Crippen molar-refractivity contribution in [3.05, 3.63) is 59.1 Å². The minimum atomic E-state index is -0.00672. The summed E-state index contributed by atoms with van der Waals surface area (Å²) in [5.74, 6) is 1.30. The van der Waals surface area contributed by atoms with E-state index in [1.165, 1.54) is 5.56 Å². The van der Waals surface area contributed by atoms with E-state index in [9.17, 15) is 4.79 Å². The molecule has 0 saturated carbocycles. The standard InChI is InChI=1S/C21H25ClN2O2/c1-26-20-8-7-18(14-19(20)22)23-21(25)15-24-11-9-17(10-12-24)13-16-5-3-2-4-6-16/h2-8,14,17H,9-13,15H2,1H3,(H,23,25). The molecule has 1 saturated heterocycles. The Hall–Kier alpha value is -2.04. The number of rotatable bonds is 6. The van der Waals surface area contributed by atoms with Crippen LogP contribution in [0, 0.1) is 5.92 Å². The average Bonchev–Trinajstić information content (AvgIpc) is 2.64. The lowest BCUT2D eigenvalue weighted by Gasteiger charge is -2.31. The van der Waals surface area contributed by atoms with Gasteiger partial charge in [-0.15, -0.1) is 0 Å². The van der Waals surface area contributed by atoms with Gasteiger partial charge in [0.05, 0.1) is 18.7 Å². The van der Waals surface area contributed by atoms with E-state index in [4.69, 9.17) is 16.3 Å². The molecule has 138 valence electrons. The second-order valence-electron chi connectivity index (χ2n) is 6.81. The van der Waals surface area contributed by atoms with E-state index in [-0.39, 0.29) is 5.91 Å². The summed E-state index contributed by atoms with van der Waals surface area (Å²) < 4.78 is 5.13. The molecule has 1 heterocycles. The first kappa shape index (κ1) is 18.7. The van der Waals surface area contributed by atoms with Crippen LogP contribution in [0.3, 0.4) is 0 Å². The monoisotopic (exact) mass is 372 g/mol. The molecule has 1 N–H and O–H groups in total. The van der Waals surface area contributed by atoms with Gasteiger partial charge in [0.25, 0.3) is 0 Å². The van der Waals surface area contributed by atoms with Crippen molar-refractivity contribution in [1.29, 1.82) is 0 Å². The summed E-state index contributed by atoms with van der Waals surface area (Å²) in [7, 11) is 1.57. The molecule has 5 heteroatoms. The number of likely N-dealkylation sites (tertiary alicyclic amines) is 1. The molecule has 0 radical (unpaired) electrons. The van der Waals surface area contributed by atoms with Crippen LogP contribution < -0.4 is 10.1 Å². The number of amides is 1. The highest BCUT2D eigenvalue weighted by molar-refractivity contribution is 6.32. The van der Waals surface area contributed by atoms with Crippen LogP contribution in [0.4, 0.5) is 5.69 Å². The third kappa shape index (κ3) is 5.23. The highest BCUT2D eigenvalue weighted by atomic mass is 35.5. The normalized spacial score (nSPS) is 15.6. The van der Waals surface area contributed by atoms with Gasteiger partial charge in [-0.05, 0) is 62.0 Å². The molecule has 0 bridgehead atoms. The van der Waals surface area contributed by atoms with Gasteiger partial charge in [-0.25, -0.2) is 0 Å². The van der Waals surface area contributed by atoms with Crippen molar-refractivity contribution in [3.8, 4) is 5.75 Å². The van der Waals surface area contributed by atoms with E-state index >= 15 is 0 Å². The number of anilines is 1. The lowest BCUT2D eigenvalue weighted by molar-refractivity contribution is -0.117. The lowest BCUT2D eigenvalue weighted by atomic mass is 9.90. The summed E-state index contributed by atoms with van der Waals surface area (Å²) in [4.78, 5) is 14.5. The van der Waals surface area contributed by atoms with Crippen LogP contribution in [0.25, 0.3) is 0 Å². The molecular formula is C21H25ClN2O2. The van der Waals surface area contributed by atoms with Crippen LogP contribution in [0.15, 0.2) is 48.5 Å². The first-order valence-electron chi connectivity index (χ1n) is 9.03. The maximum Gasteiger partial charge on any atom is 0.238 e. The van der Waals surface area contributed by atoms with Crippen LogP contribution in [0.5, 0.6) is 5.75 Å². The van der Waals surface area contributed by atoms with Crippen LogP contribution in [0.1, 0.15) is 18.4 Å². The number of nitrogens with zero attached hydrogens (tertiary/aromatic N) is 1. The van der Waals surface area contributed by atoms with E-state index in [0.717, 1.165) is 32.4 Å². The number of nitrogens with one attached hydrogen (secondary N) is 1. The predicted octanol–water partition coefficient (Wildman–Crippen LogP) is 4.24. The molecule has 0 atom stereocenters. The molecule has 0 aromatic heterocycles. The molecule has 1 fully saturated rings. The SMILES string of the molecule is COc1ccc(NC(=O)CN2CCC(Cc3ccccc3)CC2)cc1Cl. The zero-order valence-electron chi connectivity index (χ0n) is 15.1. The van der Waals surface area contributed by atoms with Crippen LogP contribution in [-0.4, -0.2) is 37.6 Å². The van der Waals surface area contributed by atoms with Gasteiger partial charge >= 0.3 is 0 Å². The lowest BCUT2D eigenvalue weighted by Crippen LogP contribution is -2.39. The molecule has 1 aliphatic heterocycles. The van der Waals surface area contributed by atoms with E-state index in [0.29, 0.717) is 28.9 Å². The van der Waals surface area contributed by atoms with E-state index in [1.54, 1.807) is 25.3 Å². The van der Waals surface area contributed by atoms with Crippen LogP contribution in [0.2, 0.25) is 5.02 Å². The maximum atomic E-state index is 12.3. The minimum absolute atomic E-state index is 0.00672. The van der Waals surface area contributed by atoms with Crippen LogP contribution >= 0.6 is 11.6 Å². The van der Waals surface area contributed by atoms with E-state index < -0.39 is 0 Å². The molecule has 3 rings (SSSR count). The summed E-state index contributed by atoms with van der Waals surface area (Å²) in [5, 5.41) is 3.40. The Kier molecular flexibility index (Phi) is 6.53. The van der Waals surface area contributed by atoms with Crippen molar-refractivity contribution in [3.63, 3.8) is 0 Å². The number of ether oxygens (including phenoxy) is 1. The van der Waals surface area contributed by atoms with Crippen molar-refractivity contribution < 1.29 is 9.53 Å². The van der Waals surface area contributed by atoms with Crippen LogP contribution in [-0.2, 0) is 11.2 Å². The largest absolute Gasteiger partial charge is 0.495 e. The molecule has 2 aromatic rings. The Morgan fingerprint density at radius 1 is 1.19 bits per heavy atom. The van der Waals surface area contributed by atoms with E-state index in [1.807, 2.05) is 0 Å². The van der Waals surface area contributed by atoms with Gasteiger partial charge in [0.15, 0.2) is 0 Å². The summed E-state index contributed by atoms with van der Waals surface area (Å²) in [6.45, 7) is 2.35. The fraction of sp³-hybridized carbons (Fsp3) is 0.381. The number of piperidine rings is 1. The first-order chi connectivity index (χ1) is 12.6. The Labute approximate surface area is 160 Å². The molecule has 1 aliphatic rings. The van der Waals surface area contributed by atoms with Gasteiger partial charge in [0.2, 0.25) is 5.91 Å². The second kappa shape index (κ2) is 9.06. The molecule has 0 aliphatic carbocycles. The number of carbonyl (C=O) groups excluding carboxylic acids is 1. The molecule has 2 aromatic carbocycles. The fourth-order valence-electron chi connectivity index (χ4n) is 3.44. The molecular weight excluding hydrogens is 348 g/mol. The van der Waals surface area contributed by atoms with Crippen molar-refractivity contribution in [2.45, 2.75) is 19.3 Å². The predicted molar refractivity (Wildman–Crippen MR) is 106 cm³/mol. The van der Waals surface area contributed by atoms with Gasteiger partial charge in [0, 0.05) is 5.69 Å². The number of hydrogen-bond donors (Lipinski definition) is 1. The summed E-state index contributed by atoms with van der Waals surface area (Å²) in [5.41, 5.74) is 2.10. The van der Waals surface area contributed by atoms with Gasteiger partial charge in [-0.2, -0.15) is 0 Å². The summed E-state index contributed by atoms with van der Waals surface area (Å²) in [6.07, 6.45) is 3.40. The highest BCUT2D eigenvalue weighted by Gasteiger charge is 2.21. The quantitative estimate of drug-likeness (QED) is 0.824. The summed E-state index contributed by atoms with van der Waals surface area (Å²) in [6, 6.07) is 15.9. The molecule has 1 amide bonds. The molecule has 26 heavy (non-hydrogen) atoms. The topological polar surface area (TPSA) is 41.6 Å². The molecule has 0 unspecified atom stereocenters. The highest BCUT2D eigenvalue weighted by Crippen LogP contribution is 2.27. The Morgan fingerprint density at radius 2 is 1.92 bits per heavy atom. The van der Waals surface area contributed by atoms with Crippen molar-refractivity contribution >= 4 is 23.2 Å². The fourth-order valence-corrected chi connectivity index (χ4v) is 3.70. The summed E-state index contributed by atoms with van der Waals surface area (Å²) >= 11 is 6.10. The number of methoxy groups -OCH3 is 1. The third-order valence-corrected chi connectivity index (χ3v) is 5.17. The Balaban J connectivity index is 1.44. The minimum Gasteiger partial charge on any atom is -0.495 e. The van der Waals surface area contributed by atoms with Crippen molar-refractivity contribution in [2.75, 3.05) is 32.1 Å². The number of benzene rings is 2. The van der Waals surface area contributed by atoms with Gasteiger partial charge in [0.1, 0.15) is 5.75 Å². The zero-order valence-corrected chi connectivity index (χ0v) is 15.8. The number of halogens is 1. The van der Waals surface area contributed by atoms with Crippen molar-refractivity contribution in [1.82, 2.24) is 4.90 Å². The van der Waals surface area contributed by atoms with Gasteiger partial charge < -0.3 is 10.1 Å². The maximum absolute atomic E-state index is 12.3. The molecule has 0 spiro atoms. The van der Waals surface area contributed by atoms with Gasteiger partial charge in [-0.3, -0.25) is 9.69 Å². The number of hydrogen-bond acceptors (Lipinski definition) is 3. The van der Waals surface area contributed by atoms with Gasteiger partial charge in [-0.1, -0.05) is 41.9 Å². The number of carbonyl (C=O) groups is 1. The first-order valence-corrected chi connectivity index (χ1v) is 9.41. The third-order valence-electron chi connectivity index (χ3n) is 4.88. The van der Waals surface area contributed by atoms with Crippen molar-refractivity contribution in [2.24, 2.45) is 5.92 Å². The van der Waals surface area contributed by atoms with E-state index in [2.05, 4.69) is 40.5 Å². The smallest absolute Gasteiger partial charge is 0.238 e. The average molecular weight is 373 g/mol. The Bertz CT molecular complexity index is 728. The second-order valence-corrected chi connectivity index (χ2v) is 7.21. The molecule has 4 nitrogen and oxygen atoms in total.